The second-order valence-corrected chi connectivity index (χ2v) is 5.69. The molecule has 1 amide bonds. The molecule has 1 aromatic heterocycles. The Balaban J connectivity index is 1.50. The normalized spacial score (nSPS) is 20.8. The zero-order valence-corrected chi connectivity index (χ0v) is 10.9. The van der Waals surface area contributed by atoms with Crippen LogP contribution in [0, 0.1) is 5.41 Å². The Labute approximate surface area is 118 Å². The number of rotatable bonds is 2. The Kier molecular flexibility index (Phi) is 2.96. The van der Waals surface area contributed by atoms with Gasteiger partial charge in [-0.05, 0) is 25.0 Å². The molecular formula is C12H13F3N4O2. The van der Waals surface area contributed by atoms with E-state index >= 15 is 0 Å². The lowest BCUT2D eigenvalue weighted by atomic mass is 9.61. The minimum absolute atomic E-state index is 0.0371. The molecule has 21 heavy (non-hydrogen) atoms. The largest absolute Gasteiger partial charge is 0.465 e. The van der Waals surface area contributed by atoms with Crippen molar-refractivity contribution in [3.63, 3.8) is 0 Å². The van der Waals surface area contributed by atoms with Gasteiger partial charge in [-0.25, -0.2) is 4.79 Å². The molecule has 2 N–H and O–H groups in total. The topological polar surface area (TPSA) is 78.4 Å². The van der Waals surface area contributed by atoms with Gasteiger partial charge >= 0.3 is 12.3 Å². The van der Waals surface area contributed by atoms with Crippen molar-refractivity contribution >= 4 is 11.9 Å². The lowest BCUT2D eigenvalue weighted by Gasteiger charge is -2.58. The third kappa shape index (κ3) is 2.59. The monoisotopic (exact) mass is 302 g/mol. The Morgan fingerprint density at radius 1 is 1.33 bits per heavy atom. The summed E-state index contributed by atoms with van der Waals surface area (Å²) in [6.45, 7) is 1.05. The summed E-state index contributed by atoms with van der Waals surface area (Å²) < 4.78 is 37.0. The molecule has 1 aromatic rings. The second kappa shape index (κ2) is 4.47. The SMILES string of the molecule is O=C(O)N1CC2(CC(Nc3ccc(C(F)(F)F)nn3)C2)C1. The summed E-state index contributed by atoms with van der Waals surface area (Å²) >= 11 is 0. The lowest BCUT2D eigenvalue weighted by Crippen LogP contribution is -2.65. The number of nitrogens with zero attached hydrogens (tertiary/aromatic N) is 3. The maximum atomic E-state index is 12.3. The third-order valence-corrected chi connectivity index (χ3v) is 3.99. The van der Waals surface area contributed by atoms with Crippen LogP contribution in [-0.2, 0) is 6.18 Å². The average molecular weight is 302 g/mol. The molecular weight excluding hydrogens is 289 g/mol. The van der Waals surface area contributed by atoms with E-state index in [9.17, 15) is 18.0 Å². The maximum Gasteiger partial charge on any atom is 0.435 e. The van der Waals surface area contributed by atoms with Crippen molar-refractivity contribution in [2.75, 3.05) is 18.4 Å². The van der Waals surface area contributed by atoms with Gasteiger partial charge in [0.25, 0.3) is 0 Å². The van der Waals surface area contributed by atoms with Crippen molar-refractivity contribution in [2.45, 2.75) is 25.1 Å². The first-order valence-corrected chi connectivity index (χ1v) is 6.43. The summed E-state index contributed by atoms with van der Waals surface area (Å²) in [6.07, 6.45) is -3.82. The molecule has 0 bridgehead atoms. The van der Waals surface area contributed by atoms with Crippen molar-refractivity contribution in [1.82, 2.24) is 15.1 Å². The molecule has 2 heterocycles. The summed E-state index contributed by atoms with van der Waals surface area (Å²) in [5, 5.41) is 18.5. The van der Waals surface area contributed by atoms with Crippen molar-refractivity contribution in [3.05, 3.63) is 17.8 Å². The number of amides is 1. The molecule has 0 radical (unpaired) electrons. The van der Waals surface area contributed by atoms with Crippen LogP contribution in [0.25, 0.3) is 0 Å². The van der Waals surface area contributed by atoms with Gasteiger partial charge in [0, 0.05) is 24.5 Å². The molecule has 0 aromatic carbocycles. The van der Waals surface area contributed by atoms with E-state index in [4.69, 9.17) is 5.11 Å². The van der Waals surface area contributed by atoms with Gasteiger partial charge in [-0.3, -0.25) is 0 Å². The van der Waals surface area contributed by atoms with Gasteiger partial charge in [0.1, 0.15) is 5.82 Å². The number of alkyl halides is 3. The van der Waals surface area contributed by atoms with E-state index in [1.807, 2.05) is 0 Å². The molecule has 3 rings (SSSR count). The van der Waals surface area contributed by atoms with E-state index in [1.165, 1.54) is 11.0 Å². The predicted octanol–water partition coefficient (Wildman–Crippen LogP) is 2.05. The number of anilines is 1. The highest BCUT2D eigenvalue weighted by atomic mass is 19.4. The Bertz CT molecular complexity index is 547. The first-order chi connectivity index (χ1) is 9.77. The van der Waals surface area contributed by atoms with E-state index in [0.717, 1.165) is 18.9 Å². The number of hydrogen-bond donors (Lipinski definition) is 2. The van der Waals surface area contributed by atoms with Crippen LogP contribution in [-0.4, -0.2) is 45.4 Å². The highest BCUT2D eigenvalue weighted by Gasteiger charge is 2.53. The van der Waals surface area contributed by atoms with Crippen LogP contribution in [0.15, 0.2) is 12.1 Å². The van der Waals surface area contributed by atoms with Gasteiger partial charge in [-0.1, -0.05) is 0 Å². The molecule has 1 aliphatic carbocycles. The van der Waals surface area contributed by atoms with E-state index < -0.39 is 18.0 Å². The number of aromatic nitrogens is 2. The smallest absolute Gasteiger partial charge is 0.435 e. The minimum atomic E-state index is -4.49. The highest BCUT2D eigenvalue weighted by Crippen LogP contribution is 2.49. The summed E-state index contributed by atoms with van der Waals surface area (Å²) in [6, 6.07) is 2.25. The number of halogens is 3. The number of nitrogens with one attached hydrogen (secondary N) is 1. The Morgan fingerprint density at radius 2 is 2.00 bits per heavy atom. The van der Waals surface area contributed by atoms with Crippen LogP contribution in [0.1, 0.15) is 18.5 Å². The zero-order chi connectivity index (χ0) is 15.3. The van der Waals surface area contributed by atoms with Gasteiger partial charge in [0.2, 0.25) is 0 Å². The van der Waals surface area contributed by atoms with Crippen LogP contribution in [0.2, 0.25) is 0 Å². The van der Waals surface area contributed by atoms with Crippen molar-refractivity contribution in [3.8, 4) is 0 Å². The zero-order valence-electron chi connectivity index (χ0n) is 10.9. The first kappa shape index (κ1) is 13.9. The number of hydrogen-bond acceptors (Lipinski definition) is 4. The summed E-state index contributed by atoms with van der Waals surface area (Å²) in [4.78, 5) is 12.1. The van der Waals surface area contributed by atoms with Crippen molar-refractivity contribution < 1.29 is 23.1 Å². The van der Waals surface area contributed by atoms with Crippen molar-refractivity contribution in [2.24, 2.45) is 5.41 Å². The molecule has 2 aliphatic rings. The van der Waals surface area contributed by atoms with E-state index in [2.05, 4.69) is 15.5 Å². The van der Waals surface area contributed by atoms with Gasteiger partial charge < -0.3 is 15.3 Å². The van der Waals surface area contributed by atoms with E-state index in [-0.39, 0.29) is 11.5 Å². The number of carboxylic acid groups (broad SMARTS) is 1. The molecule has 0 atom stereocenters. The highest BCUT2D eigenvalue weighted by molar-refractivity contribution is 5.66. The maximum absolute atomic E-state index is 12.3. The second-order valence-electron chi connectivity index (χ2n) is 5.69. The summed E-state index contributed by atoms with van der Waals surface area (Å²) in [7, 11) is 0. The fourth-order valence-corrected chi connectivity index (χ4v) is 3.01. The van der Waals surface area contributed by atoms with Gasteiger partial charge in [0.05, 0.1) is 0 Å². The van der Waals surface area contributed by atoms with Crippen LogP contribution in [0.4, 0.5) is 23.8 Å². The molecule has 6 nitrogen and oxygen atoms in total. The molecule has 114 valence electrons. The lowest BCUT2D eigenvalue weighted by molar-refractivity contribution is -0.141. The molecule has 1 aliphatic heterocycles. The van der Waals surface area contributed by atoms with Crippen molar-refractivity contribution in [1.29, 1.82) is 0 Å². The van der Waals surface area contributed by atoms with E-state index in [0.29, 0.717) is 18.9 Å². The molecule has 2 fully saturated rings. The first-order valence-electron chi connectivity index (χ1n) is 6.43. The van der Waals surface area contributed by atoms with Crippen LogP contribution in [0.3, 0.4) is 0 Å². The summed E-state index contributed by atoms with van der Waals surface area (Å²) in [5.74, 6) is 0.303. The van der Waals surface area contributed by atoms with Crippen LogP contribution < -0.4 is 5.32 Å². The Hall–Kier alpha value is -2.06. The van der Waals surface area contributed by atoms with Gasteiger partial charge in [-0.2, -0.15) is 13.2 Å². The predicted molar refractivity (Wildman–Crippen MR) is 65.7 cm³/mol. The quantitative estimate of drug-likeness (QED) is 0.874. The fourth-order valence-electron chi connectivity index (χ4n) is 3.01. The third-order valence-electron chi connectivity index (χ3n) is 3.99. The molecule has 9 heteroatoms. The number of carbonyl (C=O) groups is 1. The van der Waals surface area contributed by atoms with Crippen LogP contribution in [0.5, 0.6) is 0 Å². The van der Waals surface area contributed by atoms with Crippen LogP contribution >= 0.6 is 0 Å². The summed E-state index contributed by atoms with van der Waals surface area (Å²) in [5.41, 5.74) is -0.982. The Morgan fingerprint density at radius 3 is 2.48 bits per heavy atom. The van der Waals surface area contributed by atoms with Gasteiger partial charge in [-0.15, -0.1) is 10.2 Å². The molecule has 1 saturated heterocycles. The standard InChI is InChI=1S/C12H13F3N4O2/c13-12(14,15)8-1-2-9(18-17-8)16-7-3-11(4-7)5-19(6-11)10(20)21/h1-2,7H,3-6H2,(H,16,18)(H,20,21). The fraction of sp³-hybridized carbons (Fsp3) is 0.583. The average Bonchev–Trinajstić information content (AvgIpc) is 2.29. The van der Waals surface area contributed by atoms with Gasteiger partial charge in [0.15, 0.2) is 5.69 Å². The molecule has 1 spiro atoms. The minimum Gasteiger partial charge on any atom is -0.465 e. The number of likely N-dealkylation sites (tertiary alicyclic amines) is 1. The van der Waals surface area contributed by atoms with E-state index in [1.54, 1.807) is 0 Å². The molecule has 1 saturated carbocycles. The molecule has 0 unspecified atom stereocenters.